The molecule has 0 heterocycles. The first-order valence-corrected chi connectivity index (χ1v) is 8.30. The first-order chi connectivity index (χ1) is 11.6. The number of allylic oxidation sites excluding steroid dienone is 2. The van der Waals surface area contributed by atoms with E-state index >= 15 is 0 Å². The molecule has 4 rings (SSSR count). The smallest absolute Gasteiger partial charge is 0.133 e. The normalized spacial score (nSPS) is 59.5. The lowest BCUT2D eigenvalue weighted by molar-refractivity contribution is -0.136. The molecule has 0 spiro atoms. The molecular weight excluding hydrogens is 244 g/mol. The van der Waals surface area contributed by atoms with Gasteiger partial charge in [-0.1, -0.05) is 25.9 Å². The molecule has 20 heavy (non-hydrogen) atoms. The van der Waals surface area contributed by atoms with E-state index in [9.17, 15) is 4.79 Å². The highest BCUT2D eigenvalue weighted by atomic mass is 16.1. The standard InChI is InChI=1S/C19H28O/c1-18-9-3-4-16(18)15-6-5-13-12-14(20)7-11-19(13,2)17(15)8-10-18/h3,9,13,15-17H,4-8,10-12H2,1-2H3/t13-,15-,16-,17-,18-,19-/m0/s1/i1D3,3D,9D. The maximum absolute atomic E-state index is 11.9. The number of hydrogen-bond donors (Lipinski definition) is 0. The van der Waals surface area contributed by atoms with Gasteiger partial charge < -0.3 is 0 Å². The van der Waals surface area contributed by atoms with Crippen LogP contribution in [0.15, 0.2) is 12.1 Å². The Hall–Kier alpha value is -0.590. The van der Waals surface area contributed by atoms with E-state index in [-0.39, 0.29) is 29.4 Å². The SMILES string of the molecule is [2H]C1=C([2H])[C@@]2(C([2H])([2H])[2H])CC[C@H]3[C@@H](CC[C@H]4CC(=O)CC[C@@]43C)[C@@H]2C1. The van der Waals surface area contributed by atoms with Crippen LogP contribution in [0.25, 0.3) is 0 Å². The van der Waals surface area contributed by atoms with Gasteiger partial charge in [-0.25, -0.2) is 0 Å². The van der Waals surface area contributed by atoms with Crippen molar-refractivity contribution >= 4 is 5.78 Å². The van der Waals surface area contributed by atoms with Gasteiger partial charge in [0.05, 0.1) is 2.74 Å². The molecule has 4 aliphatic rings. The lowest BCUT2D eigenvalue weighted by atomic mass is 9.45. The van der Waals surface area contributed by atoms with Crippen molar-refractivity contribution in [2.75, 3.05) is 0 Å². The van der Waals surface area contributed by atoms with Gasteiger partial charge in [-0.2, -0.15) is 0 Å². The fourth-order valence-electron chi connectivity index (χ4n) is 5.99. The second-order valence-electron chi connectivity index (χ2n) is 7.92. The molecule has 0 aliphatic heterocycles. The summed E-state index contributed by atoms with van der Waals surface area (Å²) in [7, 11) is 0. The van der Waals surface area contributed by atoms with Crippen molar-refractivity contribution in [3.63, 3.8) is 0 Å². The summed E-state index contributed by atoms with van der Waals surface area (Å²) in [4.78, 5) is 11.9. The number of hydrogen-bond acceptors (Lipinski definition) is 1. The molecule has 0 aromatic heterocycles. The zero-order valence-electron chi connectivity index (χ0n) is 17.4. The van der Waals surface area contributed by atoms with Crippen molar-refractivity contribution in [1.82, 2.24) is 0 Å². The van der Waals surface area contributed by atoms with Gasteiger partial charge in [0.25, 0.3) is 0 Å². The van der Waals surface area contributed by atoms with Gasteiger partial charge in [0.1, 0.15) is 5.78 Å². The molecule has 0 saturated heterocycles. The number of fused-ring (bicyclic) bond motifs is 5. The van der Waals surface area contributed by atoms with Gasteiger partial charge in [-0.05, 0) is 73.0 Å². The monoisotopic (exact) mass is 277 g/mol. The van der Waals surface area contributed by atoms with E-state index in [4.69, 9.17) is 6.85 Å². The van der Waals surface area contributed by atoms with Crippen LogP contribution < -0.4 is 0 Å². The molecule has 0 amide bonds. The van der Waals surface area contributed by atoms with Crippen molar-refractivity contribution in [3.05, 3.63) is 12.1 Å². The van der Waals surface area contributed by atoms with E-state index in [1.54, 1.807) is 0 Å². The minimum atomic E-state index is -2.21. The van der Waals surface area contributed by atoms with Gasteiger partial charge in [0.15, 0.2) is 0 Å². The minimum absolute atomic E-state index is 0.0852. The molecule has 6 atom stereocenters. The number of ketones is 1. The molecule has 3 fully saturated rings. The number of carbonyl (C=O) groups excluding carboxylic acids is 1. The average Bonchev–Trinajstić information content (AvgIpc) is 2.80. The summed E-state index contributed by atoms with van der Waals surface area (Å²) < 4.78 is 41.2. The van der Waals surface area contributed by atoms with Gasteiger partial charge in [-0.3, -0.25) is 4.79 Å². The molecule has 0 unspecified atom stereocenters. The lowest BCUT2D eigenvalue weighted by Crippen LogP contribution is -2.52. The fraction of sp³-hybridized carbons (Fsp3) is 0.842. The third-order valence-corrected chi connectivity index (χ3v) is 7.19. The van der Waals surface area contributed by atoms with E-state index in [0.717, 1.165) is 25.7 Å². The molecule has 4 aliphatic carbocycles. The Kier molecular flexibility index (Phi) is 1.84. The number of Topliss-reactive ketones (excluding diaryl/α,β-unsaturated/α-hetero) is 1. The summed E-state index contributed by atoms with van der Waals surface area (Å²) >= 11 is 0. The van der Waals surface area contributed by atoms with Crippen molar-refractivity contribution < 1.29 is 11.6 Å². The number of rotatable bonds is 0. The first-order valence-electron chi connectivity index (χ1n) is 10.8. The zero-order chi connectivity index (χ0) is 18.2. The lowest BCUT2D eigenvalue weighted by Gasteiger charge is -2.59. The van der Waals surface area contributed by atoms with Crippen molar-refractivity contribution in [2.24, 2.45) is 34.5 Å². The maximum atomic E-state index is 11.9. The zero-order valence-corrected chi connectivity index (χ0v) is 12.4. The minimum Gasteiger partial charge on any atom is -0.300 e. The molecular formula is C19H28O. The van der Waals surface area contributed by atoms with Crippen LogP contribution >= 0.6 is 0 Å². The molecule has 0 aromatic rings. The predicted octanol–water partition coefficient (Wildman–Crippen LogP) is 4.76. The Balaban J connectivity index is 1.71. The molecule has 3 saturated carbocycles. The topological polar surface area (TPSA) is 17.1 Å². The van der Waals surface area contributed by atoms with Gasteiger partial charge in [0, 0.05) is 17.0 Å². The third-order valence-electron chi connectivity index (χ3n) is 7.19. The highest BCUT2D eigenvalue weighted by Crippen LogP contribution is 2.64. The summed E-state index contributed by atoms with van der Waals surface area (Å²) in [6.07, 6.45) is 6.04. The van der Waals surface area contributed by atoms with Crippen molar-refractivity contribution in [2.45, 2.75) is 65.1 Å². The Labute approximate surface area is 130 Å². The fourth-order valence-corrected chi connectivity index (χ4v) is 5.99. The predicted molar refractivity (Wildman–Crippen MR) is 81.3 cm³/mol. The highest BCUT2D eigenvalue weighted by molar-refractivity contribution is 5.79. The summed E-state index contributed by atoms with van der Waals surface area (Å²) in [5.74, 6) is 1.47. The maximum Gasteiger partial charge on any atom is 0.133 e. The van der Waals surface area contributed by atoms with Crippen LogP contribution in [0.3, 0.4) is 0 Å². The van der Waals surface area contributed by atoms with Crippen LogP contribution in [0.2, 0.25) is 0 Å². The largest absolute Gasteiger partial charge is 0.300 e. The van der Waals surface area contributed by atoms with Gasteiger partial charge in [-0.15, -0.1) is 0 Å². The van der Waals surface area contributed by atoms with Crippen LogP contribution in [0, 0.1) is 34.5 Å². The molecule has 0 radical (unpaired) electrons. The van der Waals surface area contributed by atoms with Crippen LogP contribution in [0.4, 0.5) is 0 Å². The Morgan fingerprint density at radius 2 is 2.20 bits per heavy atom. The molecule has 1 nitrogen and oxygen atoms in total. The Morgan fingerprint density at radius 1 is 1.30 bits per heavy atom. The summed E-state index contributed by atoms with van der Waals surface area (Å²) in [6, 6.07) is 0.329. The van der Waals surface area contributed by atoms with E-state index < -0.39 is 12.3 Å². The number of carbonyl (C=O) groups is 1. The molecule has 1 heteroatoms. The van der Waals surface area contributed by atoms with E-state index in [1.165, 1.54) is 0 Å². The third kappa shape index (κ3) is 1.64. The molecule has 110 valence electrons. The summed E-state index contributed by atoms with van der Waals surface area (Å²) in [5, 5.41) is 0. The average molecular weight is 277 g/mol. The molecule has 0 N–H and O–H groups in total. The Morgan fingerprint density at radius 3 is 3.05 bits per heavy atom. The second kappa shape index (κ2) is 4.21. The first kappa shape index (κ1) is 8.76. The quantitative estimate of drug-likeness (QED) is 0.583. The van der Waals surface area contributed by atoms with Crippen LogP contribution in [-0.4, -0.2) is 5.78 Å². The molecule has 0 aromatic carbocycles. The van der Waals surface area contributed by atoms with E-state index in [0.29, 0.717) is 43.3 Å². The van der Waals surface area contributed by atoms with Crippen LogP contribution in [-0.2, 0) is 4.79 Å². The summed E-state index contributed by atoms with van der Waals surface area (Å²) in [6.45, 7) is 0.123. The van der Waals surface area contributed by atoms with Crippen molar-refractivity contribution in [3.8, 4) is 0 Å². The Bertz CT molecular complexity index is 638. The van der Waals surface area contributed by atoms with Gasteiger partial charge >= 0.3 is 0 Å². The van der Waals surface area contributed by atoms with Crippen LogP contribution in [0.5, 0.6) is 0 Å². The van der Waals surface area contributed by atoms with Crippen LogP contribution in [0.1, 0.15) is 72.0 Å². The second-order valence-corrected chi connectivity index (χ2v) is 7.92. The summed E-state index contributed by atoms with van der Waals surface area (Å²) in [5.41, 5.74) is -0.969. The van der Waals surface area contributed by atoms with E-state index in [2.05, 4.69) is 6.92 Å². The highest BCUT2D eigenvalue weighted by Gasteiger charge is 2.56. The molecule has 0 bridgehead atoms. The van der Waals surface area contributed by atoms with E-state index in [1.807, 2.05) is 0 Å². The van der Waals surface area contributed by atoms with Crippen molar-refractivity contribution in [1.29, 1.82) is 0 Å². The van der Waals surface area contributed by atoms with Gasteiger partial charge in [0.2, 0.25) is 0 Å².